The number of aliphatic carboxylic acids is 1. The van der Waals surface area contributed by atoms with Crippen LogP contribution >= 0.6 is 0 Å². The molecule has 1 aromatic carbocycles. The molecule has 112 valence electrons. The summed E-state index contributed by atoms with van der Waals surface area (Å²) in [4.78, 5) is 25.3. The average molecular weight is 291 g/mol. The summed E-state index contributed by atoms with van der Waals surface area (Å²) in [5.74, 6) is -1.38. The van der Waals surface area contributed by atoms with Crippen LogP contribution in [0, 0.1) is 24.1 Å². The van der Waals surface area contributed by atoms with Gasteiger partial charge in [-0.15, -0.1) is 0 Å². The van der Waals surface area contributed by atoms with Crippen molar-refractivity contribution in [1.82, 2.24) is 4.90 Å². The fraction of sp³-hybridized carbons (Fsp3) is 0.500. The van der Waals surface area contributed by atoms with Gasteiger partial charge in [-0.05, 0) is 55.4 Å². The number of likely N-dealkylation sites (tertiary alicyclic amines) is 1. The number of piperidine rings is 1. The van der Waals surface area contributed by atoms with Gasteiger partial charge in [0.2, 0.25) is 0 Å². The molecular weight excluding hydrogens is 273 g/mol. The van der Waals surface area contributed by atoms with Crippen molar-refractivity contribution in [3.63, 3.8) is 0 Å². The van der Waals surface area contributed by atoms with E-state index in [0.717, 1.165) is 19.3 Å². The molecule has 2 aliphatic rings. The molecule has 2 fully saturated rings. The predicted octanol–water partition coefficient (Wildman–Crippen LogP) is 2.46. The van der Waals surface area contributed by atoms with Crippen molar-refractivity contribution in [2.75, 3.05) is 13.1 Å². The smallest absolute Gasteiger partial charge is 0.307 e. The number of amides is 1. The molecule has 1 N–H and O–H groups in total. The Bertz CT molecular complexity index is 606. The second-order valence-electron chi connectivity index (χ2n) is 6.21. The van der Waals surface area contributed by atoms with E-state index in [9.17, 15) is 14.0 Å². The van der Waals surface area contributed by atoms with E-state index in [1.165, 1.54) is 18.2 Å². The van der Waals surface area contributed by atoms with E-state index in [1.54, 1.807) is 11.8 Å². The molecule has 0 aromatic heterocycles. The van der Waals surface area contributed by atoms with Gasteiger partial charge in [0.25, 0.3) is 5.91 Å². The van der Waals surface area contributed by atoms with Gasteiger partial charge in [-0.3, -0.25) is 9.59 Å². The Morgan fingerprint density at radius 2 is 2.00 bits per heavy atom. The van der Waals surface area contributed by atoms with Gasteiger partial charge in [-0.1, -0.05) is 0 Å². The highest BCUT2D eigenvalue weighted by Gasteiger charge is 2.59. The lowest BCUT2D eigenvalue weighted by atomic mass is 9.90. The number of rotatable bonds is 2. The van der Waals surface area contributed by atoms with Gasteiger partial charge >= 0.3 is 5.97 Å². The van der Waals surface area contributed by atoms with Crippen molar-refractivity contribution in [2.45, 2.75) is 26.2 Å². The minimum atomic E-state index is -0.718. The van der Waals surface area contributed by atoms with Crippen LogP contribution in [0.5, 0.6) is 0 Å². The number of benzene rings is 1. The third-order valence-electron chi connectivity index (χ3n) is 4.95. The summed E-state index contributed by atoms with van der Waals surface area (Å²) in [6.07, 6.45) is 2.23. The number of carboxylic acid groups (broad SMARTS) is 1. The quantitative estimate of drug-likeness (QED) is 0.910. The first-order valence-corrected chi connectivity index (χ1v) is 7.21. The standard InChI is InChI=1S/C16H18FNO3/c1-10-8-11(17)2-3-12(10)14(19)18-6-4-16(5-7-18)9-13(16)15(20)21/h2-3,8,13H,4-7,9H2,1H3,(H,20,21). The monoisotopic (exact) mass is 291 g/mol. The molecule has 4 nitrogen and oxygen atoms in total. The highest BCUT2D eigenvalue weighted by Crippen LogP contribution is 2.59. The van der Waals surface area contributed by atoms with Crippen LogP contribution < -0.4 is 0 Å². The maximum absolute atomic E-state index is 13.1. The van der Waals surface area contributed by atoms with Gasteiger partial charge in [0.1, 0.15) is 5.82 Å². The summed E-state index contributed by atoms with van der Waals surface area (Å²) < 4.78 is 13.1. The third-order valence-corrected chi connectivity index (χ3v) is 4.95. The fourth-order valence-corrected chi connectivity index (χ4v) is 3.44. The van der Waals surface area contributed by atoms with Gasteiger partial charge in [0.05, 0.1) is 5.92 Å². The number of hydrogen-bond acceptors (Lipinski definition) is 2. The number of halogens is 1. The molecule has 0 radical (unpaired) electrons. The molecule has 1 saturated heterocycles. The first-order valence-electron chi connectivity index (χ1n) is 7.21. The van der Waals surface area contributed by atoms with Crippen LogP contribution in [0.3, 0.4) is 0 Å². The molecule has 1 amide bonds. The lowest BCUT2D eigenvalue weighted by Gasteiger charge is -2.33. The van der Waals surface area contributed by atoms with Crippen molar-refractivity contribution in [2.24, 2.45) is 11.3 Å². The Balaban J connectivity index is 1.67. The van der Waals surface area contributed by atoms with Crippen molar-refractivity contribution in [1.29, 1.82) is 0 Å². The van der Waals surface area contributed by atoms with E-state index < -0.39 is 5.97 Å². The van der Waals surface area contributed by atoms with E-state index in [-0.39, 0.29) is 23.1 Å². The Morgan fingerprint density at radius 3 is 2.52 bits per heavy atom. The molecule has 5 heteroatoms. The van der Waals surface area contributed by atoms with Crippen LogP contribution in [-0.4, -0.2) is 35.0 Å². The molecule has 0 bridgehead atoms. The van der Waals surface area contributed by atoms with E-state index in [4.69, 9.17) is 5.11 Å². The minimum absolute atomic E-state index is 0.0829. The number of hydrogen-bond donors (Lipinski definition) is 1. The van der Waals surface area contributed by atoms with Crippen molar-refractivity contribution < 1.29 is 19.1 Å². The van der Waals surface area contributed by atoms with E-state index in [1.807, 2.05) is 0 Å². The summed E-state index contributed by atoms with van der Waals surface area (Å²) in [5, 5.41) is 9.07. The third kappa shape index (κ3) is 2.41. The number of carbonyl (C=O) groups is 2. The molecule has 1 aliphatic heterocycles. The molecule has 1 saturated carbocycles. The zero-order chi connectivity index (χ0) is 15.2. The highest BCUT2D eigenvalue weighted by molar-refractivity contribution is 5.95. The molecular formula is C16H18FNO3. The number of aryl methyl sites for hydroxylation is 1. The molecule has 1 unspecified atom stereocenters. The topological polar surface area (TPSA) is 57.6 Å². The van der Waals surface area contributed by atoms with Gasteiger partial charge in [0, 0.05) is 18.7 Å². The Hall–Kier alpha value is -1.91. The summed E-state index contributed by atoms with van der Waals surface area (Å²) in [7, 11) is 0. The van der Waals surface area contributed by atoms with E-state index in [0.29, 0.717) is 24.2 Å². The Morgan fingerprint density at radius 1 is 1.33 bits per heavy atom. The zero-order valence-corrected chi connectivity index (χ0v) is 11.9. The SMILES string of the molecule is Cc1cc(F)ccc1C(=O)N1CCC2(CC1)CC2C(=O)O. The number of carbonyl (C=O) groups excluding carboxylic acids is 1. The largest absolute Gasteiger partial charge is 0.481 e. The molecule has 1 aromatic rings. The van der Waals surface area contributed by atoms with Gasteiger partial charge in [-0.25, -0.2) is 4.39 Å². The summed E-state index contributed by atoms with van der Waals surface area (Å²) in [6, 6.07) is 4.18. The lowest BCUT2D eigenvalue weighted by Crippen LogP contribution is -2.40. The van der Waals surface area contributed by atoms with Crippen LogP contribution in [0.4, 0.5) is 4.39 Å². The number of carboxylic acids is 1. The van der Waals surface area contributed by atoms with Crippen LogP contribution in [0.15, 0.2) is 18.2 Å². The zero-order valence-electron chi connectivity index (χ0n) is 11.9. The molecule has 1 aliphatic carbocycles. The summed E-state index contributed by atoms with van der Waals surface area (Å²) in [6.45, 7) is 2.89. The normalized spacial score (nSPS) is 23.1. The molecule has 1 heterocycles. The first kappa shape index (κ1) is 14.0. The number of nitrogens with zero attached hydrogens (tertiary/aromatic N) is 1. The molecule has 3 rings (SSSR count). The maximum atomic E-state index is 13.1. The van der Waals surface area contributed by atoms with E-state index in [2.05, 4.69) is 0 Å². The maximum Gasteiger partial charge on any atom is 0.307 e. The summed E-state index contributed by atoms with van der Waals surface area (Å²) in [5.41, 5.74) is 1.08. The van der Waals surface area contributed by atoms with Crippen LogP contribution in [-0.2, 0) is 4.79 Å². The van der Waals surface area contributed by atoms with Gasteiger partial charge in [0.15, 0.2) is 0 Å². The molecule has 1 atom stereocenters. The van der Waals surface area contributed by atoms with Gasteiger partial charge in [-0.2, -0.15) is 0 Å². The summed E-state index contributed by atoms with van der Waals surface area (Å²) >= 11 is 0. The lowest BCUT2D eigenvalue weighted by molar-refractivity contribution is -0.139. The second kappa shape index (κ2) is 4.83. The minimum Gasteiger partial charge on any atom is -0.481 e. The van der Waals surface area contributed by atoms with Crippen LogP contribution in [0.2, 0.25) is 0 Å². The van der Waals surface area contributed by atoms with E-state index >= 15 is 0 Å². The second-order valence-corrected chi connectivity index (χ2v) is 6.21. The van der Waals surface area contributed by atoms with Crippen molar-refractivity contribution in [3.8, 4) is 0 Å². The molecule has 21 heavy (non-hydrogen) atoms. The fourth-order valence-electron chi connectivity index (χ4n) is 3.44. The molecule has 1 spiro atoms. The van der Waals surface area contributed by atoms with Crippen molar-refractivity contribution in [3.05, 3.63) is 35.1 Å². The average Bonchev–Trinajstić information content (AvgIpc) is 3.13. The highest BCUT2D eigenvalue weighted by atomic mass is 19.1. The van der Waals surface area contributed by atoms with Crippen molar-refractivity contribution >= 4 is 11.9 Å². The Kier molecular flexibility index (Phi) is 3.23. The predicted molar refractivity (Wildman–Crippen MR) is 74.5 cm³/mol. The van der Waals surface area contributed by atoms with Crippen LogP contribution in [0.1, 0.15) is 35.2 Å². The first-order chi connectivity index (χ1) is 9.93. The Labute approximate surface area is 122 Å². The van der Waals surface area contributed by atoms with Crippen LogP contribution in [0.25, 0.3) is 0 Å². The van der Waals surface area contributed by atoms with Gasteiger partial charge < -0.3 is 10.0 Å².